The van der Waals surface area contributed by atoms with E-state index >= 15 is 0 Å². The lowest BCUT2D eigenvalue weighted by atomic mass is 10.1. The van der Waals surface area contributed by atoms with E-state index in [0.29, 0.717) is 28.8 Å². The Morgan fingerprint density at radius 2 is 1.88 bits per heavy atom. The number of aromatic nitrogens is 3. The summed E-state index contributed by atoms with van der Waals surface area (Å²) in [7, 11) is 1.60. The molecule has 5 rings (SSSR count). The summed E-state index contributed by atoms with van der Waals surface area (Å²) in [6, 6.07) is 16.9. The molecule has 6 nitrogen and oxygen atoms in total. The first kappa shape index (κ1) is 20.0. The molecule has 0 amide bonds. The number of nitrogens with zero attached hydrogens (tertiary/aromatic N) is 3. The molecule has 5 aromatic rings. The average molecular weight is 444 g/mol. The van der Waals surface area contributed by atoms with Crippen LogP contribution < -0.4 is 4.74 Å². The monoisotopic (exact) mass is 443 g/mol. The summed E-state index contributed by atoms with van der Waals surface area (Å²) < 4.78 is 13.0. The number of halogens is 1. The van der Waals surface area contributed by atoms with Gasteiger partial charge < -0.3 is 13.7 Å². The number of benzene rings is 2. The number of oxazole rings is 1. The SMILES string of the molecule is COc1ccc2c(c1)c(C(=O)c1coc(-c3ccncc3)n1)cn2Cc1ccc(Cl)cc1. The Balaban J connectivity index is 1.56. The second kappa shape index (κ2) is 8.32. The number of ketones is 1. The normalized spacial score (nSPS) is 11.1. The molecule has 0 saturated carbocycles. The lowest BCUT2D eigenvalue weighted by Crippen LogP contribution is -2.02. The predicted octanol–water partition coefficient (Wildman–Crippen LogP) is 5.63. The van der Waals surface area contributed by atoms with Crippen molar-refractivity contribution >= 4 is 28.3 Å². The van der Waals surface area contributed by atoms with Gasteiger partial charge in [0, 0.05) is 52.2 Å². The summed E-state index contributed by atoms with van der Waals surface area (Å²) in [6.45, 7) is 0.592. The molecule has 32 heavy (non-hydrogen) atoms. The summed E-state index contributed by atoms with van der Waals surface area (Å²) in [5.41, 5.74) is 3.52. The van der Waals surface area contributed by atoms with E-state index in [1.807, 2.05) is 53.2 Å². The van der Waals surface area contributed by atoms with Crippen molar-refractivity contribution in [3.05, 3.63) is 101 Å². The molecule has 0 spiro atoms. The molecule has 3 heterocycles. The molecule has 0 unspecified atom stereocenters. The smallest absolute Gasteiger partial charge is 0.226 e. The van der Waals surface area contributed by atoms with Crippen LogP contribution in [0.15, 0.2) is 83.9 Å². The lowest BCUT2D eigenvalue weighted by Gasteiger charge is -2.06. The van der Waals surface area contributed by atoms with Crippen molar-refractivity contribution in [2.45, 2.75) is 6.54 Å². The number of fused-ring (bicyclic) bond motifs is 1. The average Bonchev–Trinajstić information content (AvgIpc) is 3.46. The minimum Gasteiger partial charge on any atom is -0.497 e. The number of hydrogen-bond acceptors (Lipinski definition) is 5. The first-order valence-corrected chi connectivity index (χ1v) is 10.3. The van der Waals surface area contributed by atoms with Gasteiger partial charge in [-0.25, -0.2) is 4.98 Å². The van der Waals surface area contributed by atoms with E-state index in [1.54, 1.807) is 31.6 Å². The number of methoxy groups -OCH3 is 1. The zero-order valence-electron chi connectivity index (χ0n) is 17.2. The molecule has 2 aromatic carbocycles. The summed E-state index contributed by atoms with van der Waals surface area (Å²) in [4.78, 5) is 21.8. The summed E-state index contributed by atoms with van der Waals surface area (Å²) >= 11 is 6.02. The van der Waals surface area contributed by atoms with E-state index < -0.39 is 0 Å². The third-order valence-corrected chi connectivity index (χ3v) is 5.52. The van der Waals surface area contributed by atoms with E-state index in [9.17, 15) is 4.79 Å². The maximum absolute atomic E-state index is 13.4. The first-order chi connectivity index (χ1) is 15.6. The van der Waals surface area contributed by atoms with Crippen molar-refractivity contribution in [3.63, 3.8) is 0 Å². The minimum absolute atomic E-state index is 0.220. The van der Waals surface area contributed by atoms with Crippen molar-refractivity contribution in [1.29, 1.82) is 0 Å². The Labute approximate surface area is 189 Å². The first-order valence-electron chi connectivity index (χ1n) is 9.94. The molecule has 0 aliphatic heterocycles. The highest BCUT2D eigenvalue weighted by Gasteiger charge is 2.21. The van der Waals surface area contributed by atoms with Gasteiger partial charge >= 0.3 is 0 Å². The molecule has 0 fully saturated rings. The van der Waals surface area contributed by atoms with Crippen LogP contribution in [0.25, 0.3) is 22.4 Å². The van der Waals surface area contributed by atoms with Crippen LogP contribution in [0.1, 0.15) is 21.6 Å². The molecule has 7 heteroatoms. The molecular formula is C25H18ClN3O3. The lowest BCUT2D eigenvalue weighted by molar-refractivity contribution is 0.103. The van der Waals surface area contributed by atoms with Crippen LogP contribution in [-0.2, 0) is 6.54 Å². The van der Waals surface area contributed by atoms with Gasteiger partial charge in [0.15, 0.2) is 5.69 Å². The molecule has 0 bridgehead atoms. The van der Waals surface area contributed by atoms with Crippen LogP contribution in [0.2, 0.25) is 5.02 Å². The zero-order valence-corrected chi connectivity index (χ0v) is 17.9. The summed E-state index contributed by atoms with van der Waals surface area (Å²) in [5, 5.41) is 1.47. The number of carbonyl (C=O) groups excluding carboxylic acids is 1. The molecule has 0 saturated heterocycles. The number of ether oxygens (including phenoxy) is 1. The Kier molecular flexibility index (Phi) is 5.21. The summed E-state index contributed by atoms with van der Waals surface area (Å²) in [5.74, 6) is 0.828. The highest BCUT2D eigenvalue weighted by Crippen LogP contribution is 2.29. The van der Waals surface area contributed by atoms with Crippen molar-refractivity contribution < 1.29 is 13.9 Å². The molecule has 0 aliphatic rings. The van der Waals surface area contributed by atoms with Crippen LogP contribution in [0, 0.1) is 0 Å². The quantitative estimate of drug-likeness (QED) is 0.318. The maximum Gasteiger partial charge on any atom is 0.226 e. The predicted molar refractivity (Wildman–Crippen MR) is 122 cm³/mol. The third-order valence-electron chi connectivity index (χ3n) is 5.26. The van der Waals surface area contributed by atoms with Gasteiger partial charge in [-0.2, -0.15) is 0 Å². The van der Waals surface area contributed by atoms with Crippen LogP contribution in [0.4, 0.5) is 0 Å². The van der Waals surface area contributed by atoms with Crippen LogP contribution >= 0.6 is 11.6 Å². The van der Waals surface area contributed by atoms with Crippen molar-refractivity contribution in [1.82, 2.24) is 14.5 Å². The highest BCUT2D eigenvalue weighted by molar-refractivity contribution is 6.30. The highest BCUT2D eigenvalue weighted by atomic mass is 35.5. The fourth-order valence-corrected chi connectivity index (χ4v) is 3.77. The molecule has 0 atom stereocenters. The van der Waals surface area contributed by atoms with Crippen LogP contribution in [0.5, 0.6) is 5.75 Å². The second-order valence-electron chi connectivity index (χ2n) is 7.28. The van der Waals surface area contributed by atoms with E-state index in [2.05, 4.69) is 9.97 Å². The number of rotatable bonds is 6. The summed E-state index contributed by atoms with van der Waals surface area (Å²) in [6.07, 6.45) is 6.54. The molecular weight excluding hydrogens is 426 g/mol. The van der Waals surface area contributed by atoms with Gasteiger partial charge in [0.1, 0.15) is 12.0 Å². The number of carbonyl (C=O) groups is 1. The molecule has 0 radical (unpaired) electrons. The van der Waals surface area contributed by atoms with Crippen LogP contribution in [0.3, 0.4) is 0 Å². The Morgan fingerprint density at radius 1 is 1.09 bits per heavy atom. The fourth-order valence-electron chi connectivity index (χ4n) is 3.64. The Morgan fingerprint density at radius 3 is 2.62 bits per heavy atom. The van der Waals surface area contributed by atoms with E-state index in [-0.39, 0.29) is 11.5 Å². The molecule has 158 valence electrons. The largest absolute Gasteiger partial charge is 0.497 e. The van der Waals surface area contributed by atoms with E-state index in [4.69, 9.17) is 20.8 Å². The van der Waals surface area contributed by atoms with E-state index in [1.165, 1.54) is 6.26 Å². The van der Waals surface area contributed by atoms with E-state index in [0.717, 1.165) is 22.0 Å². The van der Waals surface area contributed by atoms with Gasteiger partial charge in [-0.3, -0.25) is 9.78 Å². The zero-order chi connectivity index (χ0) is 22.1. The van der Waals surface area contributed by atoms with Gasteiger partial charge in [-0.15, -0.1) is 0 Å². The van der Waals surface area contributed by atoms with Crippen molar-refractivity contribution in [3.8, 4) is 17.2 Å². The van der Waals surface area contributed by atoms with Gasteiger partial charge in [-0.05, 0) is 48.0 Å². The van der Waals surface area contributed by atoms with Gasteiger partial charge in [0.25, 0.3) is 0 Å². The Bertz CT molecular complexity index is 1410. The van der Waals surface area contributed by atoms with Gasteiger partial charge in [0.2, 0.25) is 11.7 Å². The molecule has 3 aromatic heterocycles. The molecule has 0 N–H and O–H groups in total. The van der Waals surface area contributed by atoms with Crippen molar-refractivity contribution in [2.75, 3.05) is 7.11 Å². The third kappa shape index (κ3) is 3.76. The molecule has 0 aliphatic carbocycles. The van der Waals surface area contributed by atoms with Crippen LogP contribution in [-0.4, -0.2) is 27.4 Å². The van der Waals surface area contributed by atoms with Crippen molar-refractivity contribution in [2.24, 2.45) is 0 Å². The number of hydrogen-bond donors (Lipinski definition) is 0. The minimum atomic E-state index is -0.220. The Hall–Kier alpha value is -3.90. The topological polar surface area (TPSA) is 70.2 Å². The fraction of sp³-hybridized carbons (Fsp3) is 0.0800. The second-order valence-corrected chi connectivity index (χ2v) is 7.72. The standard InChI is InChI=1S/C25H18ClN3O3/c1-31-19-6-7-23-20(12-19)21(14-29(23)13-16-2-4-18(26)5-3-16)24(30)22-15-32-25(28-22)17-8-10-27-11-9-17/h2-12,14-15H,13H2,1H3. The van der Waals surface area contributed by atoms with Gasteiger partial charge in [-0.1, -0.05) is 23.7 Å². The van der Waals surface area contributed by atoms with Gasteiger partial charge in [0.05, 0.1) is 7.11 Å². The maximum atomic E-state index is 13.4. The number of pyridine rings is 1.